The van der Waals surface area contributed by atoms with Crippen molar-refractivity contribution in [2.75, 3.05) is 13.2 Å². The Labute approximate surface area is 107 Å². The maximum absolute atomic E-state index is 12.2. The highest BCUT2D eigenvalue weighted by atomic mass is 16.3. The number of amides is 1. The first-order valence-corrected chi connectivity index (χ1v) is 6.53. The molecule has 1 aromatic heterocycles. The second-order valence-electron chi connectivity index (χ2n) is 4.98. The third kappa shape index (κ3) is 2.72. The maximum atomic E-state index is 12.2. The number of carbonyl (C=O) groups is 1. The molecule has 1 aromatic rings. The van der Waals surface area contributed by atoms with Gasteiger partial charge in [-0.25, -0.2) is 0 Å². The van der Waals surface area contributed by atoms with Crippen LogP contribution < -0.4 is 0 Å². The van der Waals surface area contributed by atoms with E-state index in [0.717, 1.165) is 30.8 Å². The number of nitrogens with zero attached hydrogens (tertiary/aromatic N) is 3. The second kappa shape index (κ2) is 5.52. The van der Waals surface area contributed by atoms with Gasteiger partial charge in [-0.3, -0.25) is 9.48 Å². The van der Waals surface area contributed by atoms with Crippen LogP contribution in [0.1, 0.15) is 30.7 Å². The number of aryl methyl sites for hydroxylation is 2. The average molecular weight is 251 g/mol. The van der Waals surface area contributed by atoms with Crippen molar-refractivity contribution in [1.29, 1.82) is 0 Å². The van der Waals surface area contributed by atoms with Gasteiger partial charge in [-0.15, -0.1) is 0 Å². The van der Waals surface area contributed by atoms with Gasteiger partial charge in [0.05, 0.1) is 5.69 Å². The van der Waals surface area contributed by atoms with Crippen LogP contribution in [0.5, 0.6) is 0 Å². The van der Waals surface area contributed by atoms with E-state index in [4.69, 9.17) is 5.11 Å². The molecular formula is C13H21N3O2. The lowest BCUT2D eigenvalue weighted by Gasteiger charge is -2.24. The molecule has 2 heterocycles. The highest BCUT2D eigenvalue weighted by molar-refractivity contribution is 5.76. The van der Waals surface area contributed by atoms with Gasteiger partial charge in [0.1, 0.15) is 6.54 Å². The lowest BCUT2D eigenvalue weighted by atomic mass is 10.1. The first-order valence-electron chi connectivity index (χ1n) is 6.53. The zero-order chi connectivity index (χ0) is 13.1. The van der Waals surface area contributed by atoms with E-state index in [1.165, 1.54) is 0 Å². The molecule has 0 saturated carbocycles. The van der Waals surface area contributed by atoms with Gasteiger partial charge in [0, 0.05) is 24.9 Å². The summed E-state index contributed by atoms with van der Waals surface area (Å²) in [6.07, 6.45) is 2.72. The molecule has 1 saturated heterocycles. The first-order chi connectivity index (χ1) is 8.61. The summed E-state index contributed by atoms with van der Waals surface area (Å²) in [7, 11) is 0. The molecule has 100 valence electrons. The largest absolute Gasteiger partial charge is 0.396 e. The fourth-order valence-corrected chi connectivity index (χ4v) is 2.67. The molecule has 5 nitrogen and oxygen atoms in total. The third-order valence-corrected chi connectivity index (χ3v) is 3.55. The zero-order valence-electron chi connectivity index (χ0n) is 11.1. The quantitative estimate of drug-likeness (QED) is 0.864. The molecule has 0 aromatic carbocycles. The number of carbonyl (C=O) groups excluding carboxylic acids is 1. The van der Waals surface area contributed by atoms with E-state index in [2.05, 4.69) is 5.10 Å². The van der Waals surface area contributed by atoms with Crippen LogP contribution in [-0.4, -0.2) is 44.9 Å². The standard InChI is InChI=1S/C13H21N3O2/c1-10-8-11(2)16(14-10)9-13(18)15-6-3-4-12(15)5-7-17/h8,12,17H,3-7,9H2,1-2H3. The summed E-state index contributed by atoms with van der Waals surface area (Å²) >= 11 is 0. The van der Waals surface area contributed by atoms with Crippen molar-refractivity contribution in [3.05, 3.63) is 17.5 Å². The monoisotopic (exact) mass is 251 g/mol. The molecule has 1 amide bonds. The smallest absolute Gasteiger partial charge is 0.244 e. The second-order valence-corrected chi connectivity index (χ2v) is 4.98. The van der Waals surface area contributed by atoms with Crippen molar-refractivity contribution in [1.82, 2.24) is 14.7 Å². The number of aromatic nitrogens is 2. The van der Waals surface area contributed by atoms with E-state index in [1.54, 1.807) is 4.68 Å². The van der Waals surface area contributed by atoms with Gasteiger partial charge >= 0.3 is 0 Å². The molecule has 5 heteroatoms. The normalized spacial score (nSPS) is 19.5. The molecule has 1 fully saturated rings. The van der Waals surface area contributed by atoms with Gasteiger partial charge < -0.3 is 10.0 Å². The number of likely N-dealkylation sites (tertiary alicyclic amines) is 1. The summed E-state index contributed by atoms with van der Waals surface area (Å²) in [6, 6.07) is 2.18. The van der Waals surface area contributed by atoms with E-state index in [1.807, 2.05) is 24.8 Å². The predicted octanol–water partition coefficient (Wildman–Crippen LogP) is 0.873. The Morgan fingerprint density at radius 1 is 1.56 bits per heavy atom. The van der Waals surface area contributed by atoms with Crippen LogP contribution in [0.25, 0.3) is 0 Å². The Bertz CT molecular complexity index is 428. The fraction of sp³-hybridized carbons (Fsp3) is 0.692. The Kier molecular flexibility index (Phi) is 4.01. The van der Waals surface area contributed by atoms with Gasteiger partial charge in [-0.2, -0.15) is 5.10 Å². The minimum Gasteiger partial charge on any atom is -0.396 e. The molecule has 1 atom stereocenters. The summed E-state index contributed by atoms with van der Waals surface area (Å²) in [4.78, 5) is 14.1. The zero-order valence-corrected chi connectivity index (χ0v) is 11.1. The summed E-state index contributed by atoms with van der Waals surface area (Å²) < 4.78 is 1.76. The molecule has 2 rings (SSSR count). The van der Waals surface area contributed by atoms with Crippen LogP contribution in [0.3, 0.4) is 0 Å². The minimum atomic E-state index is 0.108. The van der Waals surface area contributed by atoms with E-state index in [-0.39, 0.29) is 18.6 Å². The highest BCUT2D eigenvalue weighted by Crippen LogP contribution is 2.20. The molecule has 0 spiro atoms. The topological polar surface area (TPSA) is 58.4 Å². The molecule has 18 heavy (non-hydrogen) atoms. The van der Waals surface area contributed by atoms with Crippen molar-refractivity contribution < 1.29 is 9.90 Å². The SMILES string of the molecule is Cc1cc(C)n(CC(=O)N2CCCC2CCO)n1. The molecule has 0 bridgehead atoms. The Morgan fingerprint density at radius 2 is 2.33 bits per heavy atom. The van der Waals surface area contributed by atoms with Crippen molar-refractivity contribution in [3.8, 4) is 0 Å². The van der Waals surface area contributed by atoms with Crippen molar-refractivity contribution in [2.24, 2.45) is 0 Å². The van der Waals surface area contributed by atoms with E-state index in [0.29, 0.717) is 13.0 Å². The summed E-state index contributed by atoms with van der Waals surface area (Å²) in [5.74, 6) is 0.108. The molecule has 1 aliphatic heterocycles. The molecule has 1 N–H and O–H groups in total. The lowest BCUT2D eigenvalue weighted by Crippen LogP contribution is -2.38. The van der Waals surface area contributed by atoms with Crippen molar-refractivity contribution >= 4 is 5.91 Å². The van der Waals surface area contributed by atoms with Crippen LogP contribution in [0.4, 0.5) is 0 Å². The van der Waals surface area contributed by atoms with Crippen LogP contribution >= 0.6 is 0 Å². The van der Waals surface area contributed by atoms with Gasteiger partial charge in [0.15, 0.2) is 0 Å². The van der Waals surface area contributed by atoms with Crippen LogP contribution in [0, 0.1) is 13.8 Å². The van der Waals surface area contributed by atoms with Gasteiger partial charge in [0.25, 0.3) is 0 Å². The highest BCUT2D eigenvalue weighted by Gasteiger charge is 2.28. The molecule has 1 aliphatic rings. The Morgan fingerprint density at radius 3 is 2.94 bits per heavy atom. The van der Waals surface area contributed by atoms with Crippen LogP contribution in [0.15, 0.2) is 6.07 Å². The van der Waals surface area contributed by atoms with Gasteiger partial charge in [-0.1, -0.05) is 0 Å². The fourth-order valence-electron chi connectivity index (χ4n) is 2.67. The molecule has 0 aliphatic carbocycles. The number of aliphatic hydroxyl groups excluding tert-OH is 1. The summed E-state index contributed by atoms with van der Waals surface area (Å²) in [5, 5.41) is 13.3. The van der Waals surface area contributed by atoms with E-state index >= 15 is 0 Å². The summed E-state index contributed by atoms with van der Waals surface area (Å²) in [6.45, 7) is 5.15. The van der Waals surface area contributed by atoms with E-state index in [9.17, 15) is 4.79 Å². The third-order valence-electron chi connectivity index (χ3n) is 3.55. The number of hydrogen-bond donors (Lipinski definition) is 1. The van der Waals surface area contributed by atoms with Crippen molar-refractivity contribution in [3.63, 3.8) is 0 Å². The maximum Gasteiger partial charge on any atom is 0.244 e. The van der Waals surface area contributed by atoms with Crippen molar-refractivity contribution in [2.45, 2.75) is 45.7 Å². The molecule has 1 unspecified atom stereocenters. The summed E-state index contributed by atoms with van der Waals surface area (Å²) in [5.41, 5.74) is 1.95. The number of hydrogen-bond acceptors (Lipinski definition) is 3. The number of aliphatic hydroxyl groups is 1. The van der Waals surface area contributed by atoms with Gasteiger partial charge in [0.2, 0.25) is 5.91 Å². The minimum absolute atomic E-state index is 0.108. The van der Waals surface area contributed by atoms with Crippen LogP contribution in [-0.2, 0) is 11.3 Å². The number of rotatable bonds is 4. The Hall–Kier alpha value is -1.36. The van der Waals surface area contributed by atoms with Crippen LogP contribution in [0.2, 0.25) is 0 Å². The first kappa shape index (κ1) is 13.1. The molecular weight excluding hydrogens is 230 g/mol. The van der Waals surface area contributed by atoms with Gasteiger partial charge in [-0.05, 0) is 39.2 Å². The van der Waals surface area contributed by atoms with E-state index < -0.39 is 0 Å². The predicted molar refractivity (Wildman–Crippen MR) is 68.1 cm³/mol. The molecule has 0 radical (unpaired) electrons. The Balaban J connectivity index is 2.01. The lowest BCUT2D eigenvalue weighted by molar-refractivity contribution is -0.133. The average Bonchev–Trinajstić information content (AvgIpc) is 2.87.